The quantitative estimate of drug-likeness (QED) is 0.699. The third-order valence-electron chi connectivity index (χ3n) is 2.16. The number of carbonyl (C=O) groups is 1. The van der Waals surface area contributed by atoms with Gasteiger partial charge in [0, 0.05) is 6.20 Å². The number of carbonyl (C=O) groups excluding carboxylic acids is 1. The molecule has 3 nitrogen and oxygen atoms in total. The molecule has 1 atom stereocenters. The summed E-state index contributed by atoms with van der Waals surface area (Å²) in [6.45, 7) is 0. The van der Waals surface area contributed by atoms with Crippen molar-refractivity contribution >= 4 is 5.78 Å². The third kappa shape index (κ3) is 1.66. The average molecular weight is 204 g/mol. The maximum atomic E-state index is 13.3. The van der Waals surface area contributed by atoms with Crippen LogP contribution in [0.5, 0.6) is 0 Å². The van der Waals surface area contributed by atoms with Crippen LogP contribution in [0.15, 0.2) is 42.3 Å². The molecule has 0 saturated heterocycles. The lowest BCUT2D eigenvalue weighted by atomic mass is 9.94. The largest absolute Gasteiger partial charge is 0.289 e. The van der Waals surface area contributed by atoms with Gasteiger partial charge in [-0.1, -0.05) is 12.2 Å². The van der Waals surface area contributed by atoms with Crippen LogP contribution in [-0.2, 0) is 9.90 Å². The molecule has 1 radical (unpaired) electrons. The summed E-state index contributed by atoms with van der Waals surface area (Å²) in [5.41, 5.74) is 0.000185. The van der Waals surface area contributed by atoms with Crippen LogP contribution in [0, 0.1) is 5.82 Å². The molecule has 1 aromatic rings. The lowest BCUT2D eigenvalue weighted by molar-refractivity contribution is -0.119. The summed E-state index contributed by atoms with van der Waals surface area (Å²) in [5, 5.41) is 11.1. The van der Waals surface area contributed by atoms with E-state index in [1.807, 2.05) is 0 Å². The Bertz CT molecular complexity index is 465. The van der Waals surface area contributed by atoms with E-state index >= 15 is 0 Å². The van der Waals surface area contributed by atoms with Gasteiger partial charge in [-0.05, 0) is 18.2 Å². The Morgan fingerprint density at radius 1 is 1.40 bits per heavy atom. The molecule has 1 heterocycles. The van der Waals surface area contributed by atoms with Crippen LogP contribution < -0.4 is 0 Å². The fourth-order valence-corrected chi connectivity index (χ4v) is 1.42. The van der Waals surface area contributed by atoms with Crippen molar-refractivity contribution in [3.05, 3.63) is 53.8 Å². The molecule has 1 aliphatic rings. The number of halogens is 1. The highest BCUT2D eigenvalue weighted by molar-refractivity contribution is 6.00. The highest BCUT2D eigenvalue weighted by atomic mass is 19.1. The molecule has 0 amide bonds. The molecule has 0 aromatic carbocycles. The Kier molecular flexibility index (Phi) is 2.33. The van der Waals surface area contributed by atoms with E-state index in [2.05, 4.69) is 4.98 Å². The molecular weight excluding hydrogens is 197 g/mol. The van der Waals surface area contributed by atoms with Crippen molar-refractivity contribution in [3.8, 4) is 0 Å². The summed E-state index contributed by atoms with van der Waals surface area (Å²) in [7, 11) is 0. The number of hydrogen-bond acceptors (Lipinski definition) is 2. The fourth-order valence-electron chi connectivity index (χ4n) is 1.42. The van der Waals surface area contributed by atoms with Gasteiger partial charge in [0.15, 0.2) is 0 Å². The van der Waals surface area contributed by atoms with E-state index in [9.17, 15) is 14.3 Å². The van der Waals surface area contributed by atoms with Gasteiger partial charge in [-0.15, -0.1) is 0 Å². The normalized spacial score (nSPS) is 20.2. The van der Waals surface area contributed by atoms with Gasteiger partial charge >= 0.3 is 0 Å². The molecule has 0 N–H and O–H groups in total. The monoisotopic (exact) mass is 204 g/mol. The van der Waals surface area contributed by atoms with E-state index in [-0.39, 0.29) is 5.69 Å². The summed E-state index contributed by atoms with van der Waals surface area (Å²) in [5.74, 6) is -2.72. The van der Waals surface area contributed by atoms with Crippen LogP contribution in [0.1, 0.15) is 11.6 Å². The summed E-state index contributed by atoms with van der Waals surface area (Å²) >= 11 is 0. The van der Waals surface area contributed by atoms with E-state index in [1.165, 1.54) is 36.6 Å². The topological polar surface area (TPSA) is 49.9 Å². The Morgan fingerprint density at radius 3 is 2.93 bits per heavy atom. The van der Waals surface area contributed by atoms with E-state index < -0.39 is 23.3 Å². The molecule has 1 aromatic heterocycles. The highest BCUT2D eigenvalue weighted by Gasteiger charge is 2.27. The number of aromatic nitrogens is 1. The van der Waals surface area contributed by atoms with Crippen molar-refractivity contribution in [2.24, 2.45) is 0 Å². The second kappa shape index (κ2) is 3.65. The van der Waals surface area contributed by atoms with Crippen molar-refractivity contribution in [2.75, 3.05) is 0 Å². The van der Waals surface area contributed by atoms with Gasteiger partial charge in [0.1, 0.15) is 5.82 Å². The van der Waals surface area contributed by atoms with Crippen LogP contribution in [-0.4, -0.2) is 10.8 Å². The number of nitrogens with zero attached hydrogens (tertiary/aromatic N) is 1. The summed E-state index contributed by atoms with van der Waals surface area (Å²) in [6.07, 6.45) is 5.47. The van der Waals surface area contributed by atoms with Crippen LogP contribution in [0.2, 0.25) is 0 Å². The third-order valence-corrected chi connectivity index (χ3v) is 2.16. The predicted molar refractivity (Wildman–Crippen MR) is 49.9 cm³/mol. The van der Waals surface area contributed by atoms with Crippen LogP contribution in [0.4, 0.5) is 4.39 Å². The van der Waals surface area contributed by atoms with Crippen LogP contribution in [0.3, 0.4) is 0 Å². The molecule has 75 valence electrons. The molecule has 4 heteroatoms. The van der Waals surface area contributed by atoms with Crippen molar-refractivity contribution < 1.29 is 14.3 Å². The fraction of sp³-hybridized carbons (Fsp3) is 0.0909. The summed E-state index contributed by atoms with van der Waals surface area (Å²) in [4.78, 5) is 15.2. The van der Waals surface area contributed by atoms with Gasteiger partial charge in [0.25, 0.3) is 0 Å². The van der Waals surface area contributed by atoms with E-state index in [4.69, 9.17) is 0 Å². The van der Waals surface area contributed by atoms with Gasteiger partial charge in [0.05, 0.1) is 11.6 Å². The molecular formula is C11H7FNO2. The molecule has 1 unspecified atom stereocenters. The zero-order chi connectivity index (χ0) is 10.8. The zero-order valence-corrected chi connectivity index (χ0v) is 7.68. The number of Topliss-reactive ketones (excluding diaryl/α,β-unsaturated/α-hetero) is 1. The van der Waals surface area contributed by atoms with E-state index in [0.717, 1.165) is 0 Å². The second-order valence-corrected chi connectivity index (χ2v) is 3.13. The molecule has 0 fully saturated rings. The van der Waals surface area contributed by atoms with Gasteiger partial charge in [-0.25, -0.2) is 4.39 Å². The summed E-state index contributed by atoms with van der Waals surface area (Å²) in [6, 6.07) is 2.65. The molecule has 0 aliphatic heterocycles. The van der Waals surface area contributed by atoms with Crippen molar-refractivity contribution in [2.45, 2.75) is 5.92 Å². The van der Waals surface area contributed by atoms with Gasteiger partial charge in [0.2, 0.25) is 11.5 Å². The molecule has 15 heavy (non-hydrogen) atoms. The SMILES string of the molecule is [O]C1=CC=CC(c2ncccc2F)C1=O. The smallest absolute Gasteiger partial charge is 0.222 e. The lowest BCUT2D eigenvalue weighted by Gasteiger charge is -2.12. The van der Waals surface area contributed by atoms with Gasteiger partial charge in [-0.3, -0.25) is 14.9 Å². The summed E-state index contributed by atoms with van der Waals surface area (Å²) < 4.78 is 13.3. The van der Waals surface area contributed by atoms with Gasteiger partial charge < -0.3 is 0 Å². The molecule has 2 rings (SSSR count). The first-order valence-electron chi connectivity index (χ1n) is 4.40. The Labute approximate surface area is 85.6 Å². The molecule has 1 aliphatic carbocycles. The van der Waals surface area contributed by atoms with Crippen molar-refractivity contribution in [3.63, 3.8) is 0 Å². The second-order valence-electron chi connectivity index (χ2n) is 3.13. The number of rotatable bonds is 1. The standard InChI is InChI=1S/C11H7FNO2/c12-8-4-2-6-13-10(8)7-3-1-5-9(14)11(7)15/h1-7H. The number of hydrogen-bond donors (Lipinski definition) is 0. The Balaban J connectivity index is 2.42. The maximum Gasteiger partial charge on any atom is 0.222 e. The minimum Gasteiger partial charge on any atom is -0.289 e. The molecule has 0 saturated carbocycles. The highest BCUT2D eigenvalue weighted by Crippen LogP contribution is 2.24. The lowest BCUT2D eigenvalue weighted by Crippen LogP contribution is -2.17. The van der Waals surface area contributed by atoms with E-state index in [0.29, 0.717) is 0 Å². The van der Waals surface area contributed by atoms with Gasteiger partial charge in [-0.2, -0.15) is 0 Å². The average Bonchev–Trinajstić information content (AvgIpc) is 2.23. The van der Waals surface area contributed by atoms with E-state index in [1.54, 1.807) is 0 Å². The minimum atomic E-state index is -0.885. The number of pyridine rings is 1. The Morgan fingerprint density at radius 2 is 2.20 bits per heavy atom. The van der Waals surface area contributed by atoms with Crippen LogP contribution >= 0.6 is 0 Å². The Hall–Kier alpha value is -1.97. The van der Waals surface area contributed by atoms with Crippen molar-refractivity contribution in [1.82, 2.24) is 4.98 Å². The van der Waals surface area contributed by atoms with Crippen LogP contribution in [0.25, 0.3) is 0 Å². The number of ketones is 1. The van der Waals surface area contributed by atoms with Crippen molar-refractivity contribution in [1.29, 1.82) is 0 Å². The molecule has 0 spiro atoms. The zero-order valence-electron chi connectivity index (χ0n) is 7.68. The predicted octanol–water partition coefficient (Wildman–Crippen LogP) is 1.76. The first-order valence-corrected chi connectivity index (χ1v) is 4.40. The number of allylic oxidation sites excluding steroid dienone is 4. The maximum absolute atomic E-state index is 13.3. The minimum absolute atomic E-state index is 0.000185. The first-order chi connectivity index (χ1) is 7.20. The first kappa shape index (κ1) is 9.58. The molecule has 0 bridgehead atoms.